The van der Waals surface area contributed by atoms with Crippen LogP contribution >= 0.6 is 0 Å². The van der Waals surface area contributed by atoms with Crippen LogP contribution < -0.4 is 0 Å². The molecular weight excluding hydrogens is 274 g/mol. The molecule has 20 heavy (non-hydrogen) atoms. The van der Waals surface area contributed by atoms with Crippen LogP contribution in [-0.2, 0) is 16.4 Å². The van der Waals surface area contributed by atoms with Crippen LogP contribution in [0.2, 0.25) is 0 Å². The van der Waals surface area contributed by atoms with Gasteiger partial charge in [0.25, 0.3) is 0 Å². The summed E-state index contributed by atoms with van der Waals surface area (Å²) >= 11 is 0. The molecular formula is C15H25NO3S. The molecule has 4 nitrogen and oxygen atoms in total. The lowest BCUT2D eigenvalue weighted by Gasteiger charge is -2.20. The molecule has 0 aromatic heterocycles. The fourth-order valence-corrected chi connectivity index (χ4v) is 3.65. The molecule has 114 valence electrons. The minimum Gasteiger partial charge on any atom is -0.395 e. The summed E-state index contributed by atoms with van der Waals surface area (Å²) in [4.78, 5) is 0.298. The molecule has 0 aliphatic rings. The van der Waals surface area contributed by atoms with Crippen LogP contribution in [0.15, 0.2) is 29.2 Å². The van der Waals surface area contributed by atoms with E-state index >= 15 is 0 Å². The largest absolute Gasteiger partial charge is 0.395 e. The molecule has 1 N–H and O–H groups in total. The van der Waals surface area contributed by atoms with E-state index in [1.54, 1.807) is 12.1 Å². The van der Waals surface area contributed by atoms with Crippen molar-refractivity contribution in [3.63, 3.8) is 0 Å². The van der Waals surface area contributed by atoms with Crippen LogP contribution in [0.25, 0.3) is 0 Å². The molecule has 0 saturated carbocycles. The Kier molecular flexibility index (Phi) is 6.65. The Morgan fingerprint density at radius 2 is 1.75 bits per heavy atom. The van der Waals surface area contributed by atoms with Crippen molar-refractivity contribution >= 4 is 10.0 Å². The summed E-state index contributed by atoms with van der Waals surface area (Å²) in [6, 6.07) is 7.06. The first-order chi connectivity index (χ1) is 9.41. The smallest absolute Gasteiger partial charge is 0.243 e. The quantitative estimate of drug-likeness (QED) is 0.801. The molecule has 0 radical (unpaired) electrons. The highest BCUT2D eigenvalue weighted by atomic mass is 32.2. The van der Waals surface area contributed by atoms with Gasteiger partial charge in [0, 0.05) is 13.1 Å². The topological polar surface area (TPSA) is 57.6 Å². The highest BCUT2D eigenvalue weighted by molar-refractivity contribution is 7.89. The van der Waals surface area contributed by atoms with Gasteiger partial charge in [-0.25, -0.2) is 8.42 Å². The van der Waals surface area contributed by atoms with E-state index in [0.29, 0.717) is 17.4 Å². The van der Waals surface area contributed by atoms with Gasteiger partial charge in [-0.05, 0) is 36.5 Å². The molecule has 5 heteroatoms. The lowest BCUT2D eigenvalue weighted by molar-refractivity contribution is 0.253. The van der Waals surface area contributed by atoms with Gasteiger partial charge in [-0.2, -0.15) is 4.31 Å². The molecule has 0 atom stereocenters. The second-order valence-electron chi connectivity index (χ2n) is 5.37. The zero-order chi connectivity index (χ0) is 15.2. The lowest BCUT2D eigenvalue weighted by atomic mass is 10.0. The van der Waals surface area contributed by atoms with Crippen LogP contribution in [0.1, 0.15) is 32.8 Å². The van der Waals surface area contributed by atoms with Gasteiger partial charge in [0.2, 0.25) is 10.0 Å². The predicted molar refractivity (Wildman–Crippen MR) is 81.1 cm³/mol. The second-order valence-corrected chi connectivity index (χ2v) is 7.31. The molecule has 0 amide bonds. The maximum atomic E-state index is 12.5. The number of aliphatic hydroxyl groups is 1. The van der Waals surface area contributed by atoms with E-state index in [4.69, 9.17) is 5.11 Å². The van der Waals surface area contributed by atoms with E-state index in [1.165, 1.54) is 4.31 Å². The Morgan fingerprint density at radius 1 is 1.15 bits per heavy atom. The first-order valence-corrected chi connectivity index (χ1v) is 8.55. The van der Waals surface area contributed by atoms with Crippen molar-refractivity contribution in [1.29, 1.82) is 0 Å². The molecule has 0 heterocycles. The number of nitrogens with zero attached hydrogens (tertiary/aromatic N) is 1. The average molecular weight is 299 g/mol. The number of benzene rings is 1. The van der Waals surface area contributed by atoms with E-state index < -0.39 is 10.0 Å². The summed E-state index contributed by atoms with van der Waals surface area (Å²) in [6.45, 7) is 6.60. The summed E-state index contributed by atoms with van der Waals surface area (Å²) in [5.41, 5.74) is 1.14. The third-order valence-corrected chi connectivity index (χ3v) is 4.94. The van der Waals surface area contributed by atoms with Gasteiger partial charge in [-0.1, -0.05) is 32.9 Å². The van der Waals surface area contributed by atoms with Gasteiger partial charge in [0.05, 0.1) is 11.5 Å². The van der Waals surface area contributed by atoms with Crippen molar-refractivity contribution in [3.05, 3.63) is 29.8 Å². The molecule has 0 aliphatic carbocycles. The zero-order valence-electron chi connectivity index (χ0n) is 12.5. The van der Waals surface area contributed by atoms with Crippen LogP contribution in [0, 0.1) is 5.92 Å². The van der Waals surface area contributed by atoms with Crippen molar-refractivity contribution < 1.29 is 13.5 Å². The lowest BCUT2D eigenvalue weighted by Crippen LogP contribution is -2.34. The number of rotatable bonds is 8. The van der Waals surface area contributed by atoms with Crippen LogP contribution in [0.3, 0.4) is 0 Å². The summed E-state index contributed by atoms with van der Waals surface area (Å²) in [7, 11) is -3.50. The Morgan fingerprint density at radius 3 is 2.20 bits per heavy atom. The number of sulfonamides is 1. The molecule has 0 fully saturated rings. The van der Waals surface area contributed by atoms with Crippen molar-refractivity contribution in [2.24, 2.45) is 5.92 Å². The Bertz CT molecular complexity index is 488. The second kappa shape index (κ2) is 7.76. The number of hydrogen-bond acceptors (Lipinski definition) is 3. The molecule has 0 aliphatic heterocycles. The van der Waals surface area contributed by atoms with E-state index in [1.807, 2.05) is 19.1 Å². The fraction of sp³-hybridized carbons (Fsp3) is 0.600. The normalized spacial score (nSPS) is 12.3. The Labute approximate surface area is 122 Å². The first-order valence-electron chi connectivity index (χ1n) is 7.11. The highest BCUT2D eigenvalue weighted by Gasteiger charge is 2.23. The van der Waals surface area contributed by atoms with Gasteiger partial charge >= 0.3 is 0 Å². The fourth-order valence-electron chi connectivity index (χ4n) is 2.13. The third-order valence-electron chi connectivity index (χ3n) is 3.03. The number of hydrogen-bond donors (Lipinski definition) is 1. The summed E-state index contributed by atoms with van der Waals surface area (Å²) in [5.74, 6) is 0.545. The van der Waals surface area contributed by atoms with Gasteiger partial charge in [-0.3, -0.25) is 0 Å². The number of aliphatic hydroxyl groups excluding tert-OH is 1. The van der Waals surface area contributed by atoms with E-state index in [-0.39, 0.29) is 13.2 Å². The van der Waals surface area contributed by atoms with Gasteiger partial charge in [0.15, 0.2) is 0 Å². The Balaban J connectivity index is 2.96. The van der Waals surface area contributed by atoms with Crippen LogP contribution in [0.5, 0.6) is 0 Å². The van der Waals surface area contributed by atoms with Crippen molar-refractivity contribution in [3.8, 4) is 0 Å². The summed E-state index contributed by atoms with van der Waals surface area (Å²) in [5, 5.41) is 9.01. The standard InChI is InChI=1S/C15H25NO3S/c1-4-9-16(10-11-17)20(18,19)15-7-5-14(6-8-15)12-13(2)3/h5-8,13,17H,4,9-12H2,1-3H3. The minimum absolute atomic E-state index is 0.143. The van der Waals surface area contributed by atoms with Crippen molar-refractivity contribution in [2.75, 3.05) is 19.7 Å². The first kappa shape index (κ1) is 17.1. The average Bonchev–Trinajstić information content (AvgIpc) is 2.38. The maximum Gasteiger partial charge on any atom is 0.243 e. The van der Waals surface area contributed by atoms with Gasteiger partial charge in [-0.15, -0.1) is 0 Å². The molecule has 0 unspecified atom stereocenters. The molecule has 1 rings (SSSR count). The van der Waals surface area contributed by atoms with Crippen LogP contribution in [-0.4, -0.2) is 37.5 Å². The molecule has 1 aromatic carbocycles. The van der Waals surface area contributed by atoms with Gasteiger partial charge in [0.1, 0.15) is 0 Å². The van der Waals surface area contributed by atoms with Crippen molar-refractivity contribution in [1.82, 2.24) is 4.31 Å². The SMILES string of the molecule is CCCN(CCO)S(=O)(=O)c1ccc(CC(C)C)cc1. The summed E-state index contributed by atoms with van der Waals surface area (Å²) < 4.78 is 26.3. The summed E-state index contributed by atoms with van der Waals surface area (Å²) in [6.07, 6.45) is 1.67. The monoisotopic (exact) mass is 299 g/mol. The molecule has 0 bridgehead atoms. The van der Waals surface area contributed by atoms with Crippen LogP contribution in [0.4, 0.5) is 0 Å². The van der Waals surface area contributed by atoms with Crippen molar-refractivity contribution in [2.45, 2.75) is 38.5 Å². The van der Waals surface area contributed by atoms with Gasteiger partial charge < -0.3 is 5.11 Å². The highest BCUT2D eigenvalue weighted by Crippen LogP contribution is 2.18. The van der Waals surface area contributed by atoms with E-state index in [2.05, 4.69) is 13.8 Å². The van der Waals surface area contributed by atoms with E-state index in [9.17, 15) is 8.42 Å². The minimum atomic E-state index is -3.50. The zero-order valence-corrected chi connectivity index (χ0v) is 13.4. The molecule has 0 saturated heterocycles. The third kappa shape index (κ3) is 4.58. The Hall–Kier alpha value is -0.910. The van der Waals surface area contributed by atoms with E-state index in [0.717, 1.165) is 18.4 Å². The predicted octanol–water partition coefficient (Wildman–Crippen LogP) is 2.28. The molecule has 0 spiro atoms. The molecule has 1 aromatic rings. The maximum absolute atomic E-state index is 12.5.